The lowest BCUT2D eigenvalue weighted by Gasteiger charge is -2.10. The highest BCUT2D eigenvalue weighted by molar-refractivity contribution is 5.60. The maximum Gasteiger partial charge on any atom is 0.252 e. The predicted molar refractivity (Wildman–Crippen MR) is 74.4 cm³/mol. The summed E-state index contributed by atoms with van der Waals surface area (Å²) in [6.45, 7) is 0.446. The lowest BCUT2D eigenvalue weighted by molar-refractivity contribution is 0.911. The molecular formula is C14H16N4O. The molecule has 5 heteroatoms. The van der Waals surface area contributed by atoms with Crippen molar-refractivity contribution in [3.8, 4) is 0 Å². The van der Waals surface area contributed by atoms with E-state index >= 15 is 0 Å². The Morgan fingerprint density at radius 3 is 2.89 bits per heavy atom. The van der Waals surface area contributed by atoms with Crippen molar-refractivity contribution in [1.82, 2.24) is 9.97 Å². The van der Waals surface area contributed by atoms with Gasteiger partial charge in [-0.15, -0.1) is 0 Å². The number of anilines is 2. The lowest BCUT2D eigenvalue weighted by Crippen LogP contribution is -2.12. The molecule has 1 aromatic carbocycles. The fraction of sp³-hybridized carbons (Fsp3) is 0.286. The summed E-state index contributed by atoms with van der Waals surface area (Å²) in [5.41, 5.74) is 7.46. The minimum atomic E-state index is -0.121. The maximum absolute atomic E-state index is 11.6. The van der Waals surface area contributed by atoms with Crippen molar-refractivity contribution in [3.05, 3.63) is 52.1 Å². The predicted octanol–water partition coefficient (Wildman–Crippen LogP) is 1.85. The Hall–Kier alpha value is -2.14. The van der Waals surface area contributed by atoms with Gasteiger partial charge in [-0.25, -0.2) is 4.98 Å². The fourth-order valence-electron chi connectivity index (χ4n) is 2.05. The molecule has 0 unspecified atom stereocenters. The first-order chi connectivity index (χ1) is 9.26. The summed E-state index contributed by atoms with van der Waals surface area (Å²) in [6, 6.07) is 9.23. The van der Waals surface area contributed by atoms with Gasteiger partial charge in [0.2, 0.25) is 0 Å². The van der Waals surface area contributed by atoms with E-state index < -0.39 is 0 Å². The highest BCUT2D eigenvalue weighted by Crippen LogP contribution is 2.37. The summed E-state index contributed by atoms with van der Waals surface area (Å²) in [6.07, 6.45) is 2.21. The molecule has 0 spiro atoms. The van der Waals surface area contributed by atoms with Gasteiger partial charge in [-0.3, -0.25) is 4.79 Å². The van der Waals surface area contributed by atoms with Crippen LogP contribution in [0, 0.1) is 0 Å². The van der Waals surface area contributed by atoms with Gasteiger partial charge in [0.25, 0.3) is 5.56 Å². The van der Waals surface area contributed by atoms with Crippen LogP contribution in [0.5, 0.6) is 0 Å². The number of hydrogen-bond donors (Lipinski definition) is 3. The largest absolute Gasteiger partial charge is 0.340 e. The number of nitrogens with one attached hydrogen (secondary N) is 2. The molecule has 1 heterocycles. The van der Waals surface area contributed by atoms with E-state index in [4.69, 9.17) is 5.73 Å². The summed E-state index contributed by atoms with van der Waals surface area (Å²) in [5.74, 6) is 1.77. The summed E-state index contributed by atoms with van der Waals surface area (Å²) >= 11 is 0. The summed E-state index contributed by atoms with van der Waals surface area (Å²) in [7, 11) is 0. The average molecular weight is 256 g/mol. The van der Waals surface area contributed by atoms with Gasteiger partial charge in [-0.2, -0.15) is 0 Å². The zero-order chi connectivity index (χ0) is 13.2. The number of aromatic amines is 1. The van der Waals surface area contributed by atoms with E-state index in [9.17, 15) is 4.79 Å². The van der Waals surface area contributed by atoms with E-state index in [2.05, 4.69) is 15.3 Å². The summed E-state index contributed by atoms with van der Waals surface area (Å²) < 4.78 is 0. The zero-order valence-electron chi connectivity index (χ0n) is 10.5. The normalized spacial score (nSPS) is 14.4. The number of H-pyrrole nitrogens is 1. The third-order valence-electron chi connectivity index (χ3n) is 3.22. The van der Waals surface area contributed by atoms with Gasteiger partial charge in [-0.05, 0) is 24.5 Å². The number of para-hydroxylation sites is 1. The molecule has 4 N–H and O–H groups in total. The van der Waals surface area contributed by atoms with Crippen LogP contribution < -0.4 is 16.6 Å². The Morgan fingerprint density at radius 1 is 1.37 bits per heavy atom. The Morgan fingerprint density at radius 2 is 2.16 bits per heavy atom. The van der Waals surface area contributed by atoms with Gasteiger partial charge in [-0.1, -0.05) is 18.2 Å². The first kappa shape index (κ1) is 11.9. The average Bonchev–Trinajstić information content (AvgIpc) is 3.23. The Labute approximate surface area is 110 Å². The third-order valence-corrected chi connectivity index (χ3v) is 3.22. The molecule has 0 aliphatic heterocycles. The second kappa shape index (κ2) is 4.85. The van der Waals surface area contributed by atoms with Gasteiger partial charge >= 0.3 is 0 Å². The molecule has 1 aliphatic carbocycles. The number of aromatic nitrogens is 2. The van der Waals surface area contributed by atoms with Crippen molar-refractivity contribution in [2.24, 2.45) is 5.73 Å². The van der Waals surface area contributed by atoms with Crippen LogP contribution in [-0.4, -0.2) is 9.97 Å². The van der Waals surface area contributed by atoms with E-state index in [0.29, 0.717) is 18.3 Å². The monoisotopic (exact) mass is 256 g/mol. The minimum absolute atomic E-state index is 0.121. The maximum atomic E-state index is 11.6. The minimum Gasteiger partial charge on any atom is -0.340 e. The van der Waals surface area contributed by atoms with Crippen LogP contribution in [-0.2, 0) is 6.54 Å². The molecule has 19 heavy (non-hydrogen) atoms. The molecule has 1 saturated carbocycles. The number of nitrogens with zero attached hydrogens (tertiary/aromatic N) is 1. The second-order valence-electron chi connectivity index (χ2n) is 4.78. The molecule has 5 nitrogen and oxygen atoms in total. The van der Waals surface area contributed by atoms with Gasteiger partial charge in [0, 0.05) is 24.2 Å². The highest BCUT2D eigenvalue weighted by Gasteiger charge is 2.26. The molecule has 0 saturated heterocycles. The van der Waals surface area contributed by atoms with Crippen molar-refractivity contribution < 1.29 is 0 Å². The smallest absolute Gasteiger partial charge is 0.252 e. The van der Waals surface area contributed by atoms with Crippen LogP contribution in [0.1, 0.15) is 30.1 Å². The van der Waals surface area contributed by atoms with E-state index in [0.717, 1.165) is 29.9 Å². The van der Waals surface area contributed by atoms with Crippen molar-refractivity contribution >= 4 is 11.5 Å². The van der Waals surface area contributed by atoms with Crippen molar-refractivity contribution in [3.63, 3.8) is 0 Å². The first-order valence-corrected chi connectivity index (χ1v) is 6.42. The van der Waals surface area contributed by atoms with Gasteiger partial charge in [0.1, 0.15) is 11.6 Å². The van der Waals surface area contributed by atoms with Crippen LogP contribution in [0.2, 0.25) is 0 Å². The van der Waals surface area contributed by atoms with E-state index in [-0.39, 0.29) is 5.56 Å². The van der Waals surface area contributed by atoms with Crippen LogP contribution in [0.4, 0.5) is 11.5 Å². The molecule has 2 aromatic rings. The van der Waals surface area contributed by atoms with Gasteiger partial charge in [0.15, 0.2) is 0 Å². The Bertz CT molecular complexity index is 646. The van der Waals surface area contributed by atoms with Crippen molar-refractivity contribution in [2.75, 3.05) is 5.32 Å². The summed E-state index contributed by atoms with van der Waals surface area (Å²) in [5, 5.41) is 3.18. The van der Waals surface area contributed by atoms with Crippen LogP contribution >= 0.6 is 0 Å². The molecule has 1 fully saturated rings. The van der Waals surface area contributed by atoms with Crippen LogP contribution in [0.3, 0.4) is 0 Å². The van der Waals surface area contributed by atoms with E-state index in [1.54, 1.807) is 0 Å². The molecule has 0 amide bonds. The number of rotatable bonds is 4. The fourth-order valence-corrected chi connectivity index (χ4v) is 2.05. The highest BCUT2D eigenvalue weighted by atomic mass is 16.1. The molecule has 0 radical (unpaired) electrons. The van der Waals surface area contributed by atoms with Crippen molar-refractivity contribution in [1.29, 1.82) is 0 Å². The van der Waals surface area contributed by atoms with Gasteiger partial charge in [0.05, 0.1) is 0 Å². The Kier molecular flexibility index (Phi) is 3.05. The van der Waals surface area contributed by atoms with Crippen molar-refractivity contribution in [2.45, 2.75) is 25.3 Å². The Balaban J connectivity index is 1.92. The van der Waals surface area contributed by atoms with Gasteiger partial charge < -0.3 is 16.0 Å². The third kappa shape index (κ3) is 2.66. The molecular weight excluding hydrogens is 240 g/mol. The second-order valence-corrected chi connectivity index (χ2v) is 4.78. The SMILES string of the molecule is NCc1ccccc1Nc1cc(=O)[nH]c(C2CC2)n1. The zero-order valence-corrected chi connectivity index (χ0v) is 10.5. The molecule has 1 aliphatic rings. The number of nitrogens with two attached hydrogens (primary N) is 1. The standard InChI is InChI=1S/C14H16N4O/c15-8-10-3-1-2-4-11(10)16-12-7-13(19)18-14(17-12)9-5-6-9/h1-4,7,9H,5-6,8,15H2,(H2,16,17,18,19). The number of benzene rings is 1. The summed E-state index contributed by atoms with van der Waals surface area (Å²) in [4.78, 5) is 18.9. The molecule has 0 atom stereocenters. The quantitative estimate of drug-likeness (QED) is 0.779. The molecule has 3 rings (SSSR count). The molecule has 98 valence electrons. The van der Waals surface area contributed by atoms with Crippen LogP contribution in [0.15, 0.2) is 35.1 Å². The lowest BCUT2D eigenvalue weighted by atomic mass is 10.2. The molecule has 0 bridgehead atoms. The van der Waals surface area contributed by atoms with E-state index in [1.807, 2.05) is 24.3 Å². The molecule has 1 aromatic heterocycles. The van der Waals surface area contributed by atoms with E-state index in [1.165, 1.54) is 6.07 Å². The first-order valence-electron chi connectivity index (χ1n) is 6.42. The van der Waals surface area contributed by atoms with Crippen LogP contribution in [0.25, 0.3) is 0 Å². The topological polar surface area (TPSA) is 83.8 Å². The number of hydrogen-bond acceptors (Lipinski definition) is 4.